The zero-order valence-corrected chi connectivity index (χ0v) is 8.56. The Morgan fingerprint density at radius 1 is 0.500 bits per heavy atom. The van der Waals surface area contributed by atoms with E-state index in [9.17, 15) is 0 Å². The van der Waals surface area contributed by atoms with Crippen LogP contribution in [0.3, 0.4) is 0 Å². The van der Waals surface area contributed by atoms with Gasteiger partial charge in [0.15, 0.2) is 0 Å². The normalized spacial score (nSPS) is 48.0. The van der Waals surface area contributed by atoms with E-state index in [1.807, 2.05) is 0 Å². The van der Waals surface area contributed by atoms with E-state index in [-0.39, 0.29) is 28.9 Å². The van der Waals surface area contributed by atoms with Crippen molar-refractivity contribution in [2.24, 2.45) is 0 Å². The van der Waals surface area contributed by atoms with Crippen LogP contribution in [0, 0.1) is 0 Å². The summed E-state index contributed by atoms with van der Waals surface area (Å²) in [4.78, 5) is 9.88. The zero-order chi connectivity index (χ0) is 6.55. The summed E-state index contributed by atoms with van der Waals surface area (Å²) in [6.45, 7) is 7.12. The van der Waals surface area contributed by atoms with Crippen LogP contribution in [0.4, 0.5) is 0 Å². The van der Waals surface area contributed by atoms with Gasteiger partial charge in [-0.05, 0) is 0 Å². The Hall–Kier alpha value is 0.624. The summed E-state index contributed by atoms with van der Waals surface area (Å²) < 4.78 is 0. The van der Waals surface area contributed by atoms with Crippen LogP contribution in [0.15, 0.2) is 0 Å². The molecule has 0 unspecified atom stereocenters. The molecule has 4 bridgehead atoms. The van der Waals surface area contributed by atoms with Gasteiger partial charge in [-0.1, -0.05) is 0 Å². The van der Waals surface area contributed by atoms with Crippen LogP contribution in [-0.4, -0.2) is 59.6 Å². The van der Waals surface area contributed by atoms with Crippen molar-refractivity contribution in [1.29, 1.82) is 0 Å². The molecule has 4 rings (SSSR count). The van der Waals surface area contributed by atoms with E-state index >= 15 is 0 Å². The van der Waals surface area contributed by atoms with E-state index in [4.69, 9.17) is 0 Å². The average molecular weight is 235 g/mol. The van der Waals surface area contributed by atoms with Gasteiger partial charge in [0.25, 0.3) is 0 Å². The minimum Gasteiger partial charge on any atom is -0.264 e. The van der Waals surface area contributed by atoms with Crippen molar-refractivity contribution in [2.45, 2.75) is 0 Å². The summed E-state index contributed by atoms with van der Waals surface area (Å²) in [5.74, 6) is 0. The van der Waals surface area contributed by atoms with Crippen LogP contribution in [0.2, 0.25) is 0 Å². The van der Waals surface area contributed by atoms with E-state index < -0.39 is 0 Å². The molecule has 0 aromatic heterocycles. The topological polar surface area (TPSA) is 13.0 Å². The van der Waals surface area contributed by atoms with Gasteiger partial charge >= 0.3 is 0 Å². The molecule has 0 saturated carbocycles. The molecule has 4 saturated heterocycles. The quantitative estimate of drug-likeness (QED) is 0.520. The molecule has 0 atom stereocenters. The fourth-order valence-electron chi connectivity index (χ4n) is 2.23. The first kappa shape index (κ1) is 10.7. The molecule has 4 aliphatic heterocycles. The smallest absolute Gasteiger partial charge is 0.0555 e. The number of halogens is 1. The van der Waals surface area contributed by atoms with Crippen molar-refractivity contribution in [3.05, 3.63) is 0 Å². The second-order valence-electron chi connectivity index (χ2n) is 3.53. The van der Waals surface area contributed by atoms with Gasteiger partial charge in [0.2, 0.25) is 0 Å². The summed E-state index contributed by atoms with van der Waals surface area (Å²) in [7, 11) is 0. The molecule has 0 amide bonds. The maximum atomic E-state index is 2.47. The summed E-state index contributed by atoms with van der Waals surface area (Å²) in [6, 6.07) is 0. The first-order chi connectivity index (χ1) is 4.90. The molecule has 4 fully saturated rings. The van der Waals surface area contributed by atoms with Crippen molar-refractivity contribution in [2.75, 3.05) is 40.0 Å². The first-order valence-corrected chi connectivity index (χ1v) is 3.79. The van der Waals surface area contributed by atoms with Gasteiger partial charge in [-0.2, -0.15) is 0 Å². The fourth-order valence-corrected chi connectivity index (χ4v) is 2.23. The van der Waals surface area contributed by atoms with E-state index in [2.05, 4.69) is 19.6 Å². The van der Waals surface area contributed by atoms with Gasteiger partial charge in [-0.25, -0.2) is 0 Å². The summed E-state index contributed by atoms with van der Waals surface area (Å²) >= 11 is 0. The van der Waals surface area contributed by atoms with Crippen LogP contribution in [0.25, 0.3) is 0 Å². The molecule has 4 nitrogen and oxygen atoms in total. The molecule has 0 spiro atoms. The van der Waals surface area contributed by atoms with Crippen molar-refractivity contribution >= 4 is 12.4 Å². The Labute approximate surface area is 88.8 Å². The van der Waals surface area contributed by atoms with Crippen molar-refractivity contribution in [1.82, 2.24) is 19.6 Å². The maximum absolute atomic E-state index is 2.47. The maximum Gasteiger partial charge on any atom is 0.0555 e. The van der Waals surface area contributed by atoms with Crippen LogP contribution in [0.5, 0.6) is 0 Å². The molecule has 4 heterocycles. The van der Waals surface area contributed by atoms with E-state index in [1.165, 1.54) is 40.0 Å². The monoisotopic (exact) mass is 234 g/mol. The van der Waals surface area contributed by atoms with Gasteiger partial charge < -0.3 is 0 Å². The SMILES string of the molecule is C1N2CN3CN1CN(C2)C3.Cl.[Ni]. The largest absolute Gasteiger partial charge is 0.264 e. The second-order valence-corrected chi connectivity index (χ2v) is 3.53. The summed E-state index contributed by atoms with van der Waals surface area (Å²) in [5, 5.41) is 0. The first-order valence-electron chi connectivity index (χ1n) is 3.79. The zero-order valence-electron chi connectivity index (χ0n) is 6.76. The van der Waals surface area contributed by atoms with Gasteiger partial charge in [0, 0.05) is 16.5 Å². The molecule has 74 valence electrons. The molecule has 4 aliphatic rings. The standard InChI is InChI=1S/C6H12N4.ClH.Ni/c1-7-2-9-4-8(1)5-10(3-7)6-9;;/h1-6H2;1H;. The number of nitrogens with zero attached hydrogens (tertiary/aromatic N) is 4. The molecule has 6 heteroatoms. The van der Waals surface area contributed by atoms with Crippen LogP contribution >= 0.6 is 12.4 Å². The molecular weight excluding hydrogens is 222 g/mol. The third-order valence-corrected chi connectivity index (χ3v) is 2.40. The molecule has 0 radical (unpaired) electrons. The van der Waals surface area contributed by atoms with E-state index in [1.54, 1.807) is 0 Å². The predicted octanol–water partition coefficient (Wildman–Crippen LogP) is -0.601. The van der Waals surface area contributed by atoms with Crippen LogP contribution < -0.4 is 0 Å². The van der Waals surface area contributed by atoms with E-state index in [0.717, 1.165) is 0 Å². The minimum absolute atomic E-state index is 0. The van der Waals surface area contributed by atoms with Crippen molar-refractivity contribution in [3.63, 3.8) is 0 Å². The Morgan fingerprint density at radius 2 is 0.667 bits per heavy atom. The van der Waals surface area contributed by atoms with Crippen molar-refractivity contribution < 1.29 is 16.5 Å². The Bertz CT molecular complexity index is 111. The summed E-state index contributed by atoms with van der Waals surface area (Å²) in [5.41, 5.74) is 0. The Kier molecular flexibility index (Phi) is 3.37. The average Bonchev–Trinajstić information content (AvgIpc) is 1.82. The second kappa shape index (κ2) is 3.78. The molecule has 0 N–H and O–H groups in total. The van der Waals surface area contributed by atoms with Gasteiger partial charge in [-0.15, -0.1) is 12.4 Å². The molecule has 0 aromatic carbocycles. The Morgan fingerprint density at radius 3 is 0.833 bits per heavy atom. The molecule has 0 aliphatic carbocycles. The number of hydrogen-bond acceptors (Lipinski definition) is 4. The van der Waals surface area contributed by atoms with E-state index in [0.29, 0.717) is 0 Å². The Balaban J connectivity index is 0.000000360. The van der Waals surface area contributed by atoms with Gasteiger partial charge in [0.05, 0.1) is 40.0 Å². The minimum atomic E-state index is 0. The summed E-state index contributed by atoms with van der Waals surface area (Å²) in [6.07, 6.45) is 0. The number of hydrogen-bond donors (Lipinski definition) is 0. The van der Waals surface area contributed by atoms with Crippen molar-refractivity contribution in [3.8, 4) is 0 Å². The number of rotatable bonds is 0. The molecule has 12 heavy (non-hydrogen) atoms. The fraction of sp³-hybridized carbons (Fsp3) is 1.00. The van der Waals surface area contributed by atoms with Crippen LogP contribution in [0.1, 0.15) is 0 Å². The van der Waals surface area contributed by atoms with Gasteiger partial charge in [0.1, 0.15) is 0 Å². The van der Waals surface area contributed by atoms with Crippen LogP contribution in [-0.2, 0) is 16.5 Å². The molecule has 0 aromatic rings. The van der Waals surface area contributed by atoms with Gasteiger partial charge in [-0.3, -0.25) is 19.6 Å². The predicted molar refractivity (Wildman–Crippen MR) is 43.8 cm³/mol. The third-order valence-electron chi connectivity index (χ3n) is 2.40. The molecular formula is C6H13ClN4Ni. The third kappa shape index (κ3) is 1.62.